The van der Waals surface area contributed by atoms with Gasteiger partial charge < -0.3 is 19.3 Å². The zero-order valence-electron chi connectivity index (χ0n) is 19.7. The molecule has 6 nitrogen and oxygen atoms in total. The zero-order chi connectivity index (χ0) is 23.3. The molecular formula is C26H34N2O4S. The van der Waals surface area contributed by atoms with Crippen molar-refractivity contribution >= 4 is 29.3 Å². The molecule has 1 aromatic rings. The van der Waals surface area contributed by atoms with Gasteiger partial charge in [-0.3, -0.25) is 4.79 Å². The van der Waals surface area contributed by atoms with E-state index in [1.807, 2.05) is 56.0 Å². The minimum absolute atomic E-state index is 0.109. The summed E-state index contributed by atoms with van der Waals surface area (Å²) in [4.78, 5) is 31.1. The Balaban J connectivity index is 1.23. The van der Waals surface area contributed by atoms with Crippen LogP contribution in [0.1, 0.15) is 64.9 Å². The molecule has 4 aliphatic heterocycles. The number of carbonyl (C=O) groups excluding carboxylic acids is 2. The van der Waals surface area contributed by atoms with E-state index in [2.05, 4.69) is 4.90 Å². The minimum atomic E-state index is -0.503. The smallest absolute Gasteiger partial charge is 0.410 e. The van der Waals surface area contributed by atoms with Crippen LogP contribution >= 0.6 is 12.2 Å². The second-order valence-electron chi connectivity index (χ2n) is 11.0. The molecule has 4 fully saturated rings. The predicted molar refractivity (Wildman–Crippen MR) is 129 cm³/mol. The first-order valence-electron chi connectivity index (χ1n) is 12.3. The van der Waals surface area contributed by atoms with Crippen molar-refractivity contribution in [2.45, 2.75) is 95.7 Å². The summed E-state index contributed by atoms with van der Waals surface area (Å²) in [5.74, 6) is -0.0541. The summed E-state index contributed by atoms with van der Waals surface area (Å²) in [6.45, 7) is 6.03. The number of benzene rings is 1. The van der Waals surface area contributed by atoms with Crippen molar-refractivity contribution in [2.75, 3.05) is 0 Å². The van der Waals surface area contributed by atoms with Gasteiger partial charge >= 0.3 is 12.1 Å². The highest BCUT2D eigenvalue weighted by atomic mass is 32.1. The lowest BCUT2D eigenvalue weighted by Crippen LogP contribution is -2.45. The average Bonchev–Trinajstić information content (AvgIpc) is 3.54. The third kappa shape index (κ3) is 4.25. The van der Waals surface area contributed by atoms with Crippen molar-refractivity contribution in [2.24, 2.45) is 11.8 Å². The first-order valence-corrected chi connectivity index (χ1v) is 12.7. The van der Waals surface area contributed by atoms with E-state index in [1.165, 1.54) is 0 Å². The Morgan fingerprint density at radius 3 is 2.21 bits per heavy atom. The molecule has 4 bridgehead atoms. The van der Waals surface area contributed by atoms with Crippen molar-refractivity contribution in [1.82, 2.24) is 9.80 Å². The van der Waals surface area contributed by atoms with E-state index in [0.717, 1.165) is 49.1 Å². The quantitative estimate of drug-likeness (QED) is 0.470. The molecule has 1 amide bonds. The van der Waals surface area contributed by atoms with Crippen molar-refractivity contribution in [1.29, 1.82) is 0 Å². The first kappa shape index (κ1) is 22.6. The molecule has 6 atom stereocenters. The van der Waals surface area contributed by atoms with Gasteiger partial charge in [-0.05, 0) is 64.9 Å². The number of hydrogen-bond donors (Lipinski definition) is 0. The van der Waals surface area contributed by atoms with Gasteiger partial charge in [0.15, 0.2) is 0 Å². The number of amides is 1. The zero-order valence-corrected chi connectivity index (χ0v) is 20.6. The largest absolute Gasteiger partial charge is 0.461 e. The summed E-state index contributed by atoms with van der Waals surface area (Å²) in [5.41, 5.74) is 0.502. The Labute approximate surface area is 201 Å². The summed E-state index contributed by atoms with van der Waals surface area (Å²) in [5, 5.41) is 0. The van der Waals surface area contributed by atoms with Gasteiger partial charge in [-0.2, -0.15) is 0 Å². The maximum Gasteiger partial charge on any atom is 0.410 e. The normalized spacial score (nSPS) is 32.3. The van der Waals surface area contributed by atoms with Crippen LogP contribution in [0.4, 0.5) is 4.79 Å². The predicted octanol–water partition coefficient (Wildman–Crippen LogP) is 4.70. The Morgan fingerprint density at radius 1 is 0.939 bits per heavy atom. The number of fused-ring (bicyclic) bond motifs is 4. The second kappa shape index (κ2) is 8.57. The van der Waals surface area contributed by atoms with Crippen molar-refractivity contribution in [3.05, 3.63) is 35.9 Å². The van der Waals surface area contributed by atoms with Gasteiger partial charge in [0.25, 0.3) is 0 Å². The summed E-state index contributed by atoms with van der Waals surface area (Å²) >= 11 is 6.06. The van der Waals surface area contributed by atoms with Crippen LogP contribution in [0.2, 0.25) is 0 Å². The number of esters is 1. The van der Waals surface area contributed by atoms with Crippen molar-refractivity contribution in [3.63, 3.8) is 0 Å². The molecule has 0 N–H and O–H groups in total. The van der Waals surface area contributed by atoms with Crippen LogP contribution in [-0.2, 0) is 20.9 Å². The Morgan fingerprint density at radius 2 is 1.55 bits per heavy atom. The minimum Gasteiger partial charge on any atom is -0.461 e. The van der Waals surface area contributed by atoms with Gasteiger partial charge in [-0.25, -0.2) is 4.79 Å². The maximum atomic E-state index is 12.9. The average molecular weight is 471 g/mol. The molecular weight excluding hydrogens is 436 g/mol. The molecule has 0 spiro atoms. The van der Waals surface area contributed by atoms with Gasteiger partial charge in [0.1, 0.15) is 12.2 Å². The Hall–Kier alpha value is -2.15. The molecule has 178 valence electrons. The molecule has 4 aliphatic rings. The number of nitrogens with zero attached hydrogens (tertiary/aromatic N) is 2. The van der Waals surface area contributed by atoms with E-state index in [4.69, 9.17) is 21.7 Å². The molecule has 5 rings (SSSR count). The van der Waals surface area contributed by atoms with Crippen LogP contribution < -0.4 is 0 Å². The molecule has 0 radical (unpaired) electrons. The second-order valence-corrected chi connectivity index (χ2v) is 11.4. The molecule has 4 heterocycles. The van der Waals surface area contributed by atoms with E-state index < -0.39 is 5.60 Å². The van der Waals surface area contributed by atoms with Gasteiger partial charge in [-0.1, -0.05) is 42.5 Å². The third-order valence-electron chi connectivity index (χ3n) is 7.78. The molecule has 0 unspecified atom stereocenters. The number of thiocarbonyl (C=S) groups is 1. The summed E-state index contributed by atoms with van der Waals surface area (Å²) in [6, 6.07) is 10.6. The summed E-state index contributed by atoms with van der Waals surface area (Å²) < 4.78 is 11.4. The monoisotopic (exact) mass is 470 g/mol. The molecule has 0 aromatic heterocycles. The molecule has 7 heteroatoms. The highest BCUT2D eigenvalue weighted by Gasteiger charge is 2.56. The summed E-state index contributed by atoms with van der Waals surface area (Å²) in [7, 11) is 0. The third-order valence-corrected chi connectivity index (χ3v) is 8.29. The van der Waals surface area contributed by atoms with E-state index in [9.17, 15) is 9.59 Å². The maximum absolute atomic E-state index is 12.9. The van der Waals surface area contributed by atoms with Crippen LogP contribution in [-0.4, -0.2) is 56.6 Å². The van der Waals surface area contributed by atoms with Gasteiger partial charge in [0.2, 0.25) is 0 Å². The number of rotatable bonds is 4. The fourth-order valence-electron chi connectivity index (χ4n) is 6.47. The van der Waals surface area contributed by atoms with Crippen LogP contribution in [0.25, 0.3) is 0 Å². The number of hydrogen-bond acceptors (Lipinski definition) is 5. The standard InChI is InChI=1S/C26H34N2O4S/c1-26(2,3)32-25(30)28-18-10-11-21(28)19(13-18)23(33)27-17-9-12-22(27)20(14-17)24(29)31-15-16-7-5-4-6-8-16/h4-8,17-22H,9-15H2,1-3H3/t17-,18-,19+,20+,21+,22+/m0/s1. The van der Waals surface area contributed by atoms with Crippen LogP contribution in [0, 0.1) is 11.8 Å². The Bertz CT molecular complexity index is 930. The molecule has 4 saturated heterocycles. The van der Waals surface area contributed by atoms with E-state index in [-0.39, 0.29) is 42.0 Å². The van der Waals surface area contributed by atoms with Gasteiger partial charge in [-0.15, -0.1) is 0 Å². The van der Waals surface area contributed by atoms with E-state index in [0.29, 0.717) is 12.6 Å². The lowest BCUT2D eigenvalue weighted by molar-refractivity contribution is -0.150. The van der Waals surface area contributed by atoms with E-state index >= 15 is 0 Å². The SMILES string of the molecule is CC(C)(C)OC(=O)N1[C@H]2CC[C@@H]1[C@H](C(=S)N1[C@H]3CC[C@@H]1[C@H](C(=O)OCc1ccccc1)C3)C2. The van der Waals surface area contributed by atoms with Crippen LogP contribution in [0.5, 0.6) is 0 Å². The first-order chi connectivity index (χ1) is 15.7. The van der Waals surface area contributed by atoms with Crippen LogP contribution in [0.15, 0.2) is 30.3 Å². The number of ether oxygens (including phenoxy) is 2. The van der Waals surface area contributed by atoms with Gasteiger partial charge in [0, 0.05) is 30.1 Å². The molecule has 1 aromatic carbocycles. The van der Waals surface area contributed by atoms with Crippen molar-refractivity contribution < 1.29 is 19.1 Å². The number of carbonyl (C=O) groups is 2. The molecule has 33 heavy (non-hydrogen) atoms. The molecule has 0 saturated carbocycles. The van der Waals surface area contributed by atoms with Crippen molar-refractivity contribution in [3.8, 4) is 0 Å². The van der Waals surface area contributed by atoms with Crippen LogP contribution in [0.3, 0.4) is 0 Å². The topological polar surface area (TPSA) is 59.1 Å². The highest BCUT2D eigenvalue weighted by molar-refractivity contribution is 7.80. The lowest BCUT2D eigenvalue weighted by atomic mass is 9.88. The highest BCUT2D eigenvalue weighted by Crippen LogP contribution is 2.48. The van der Waals surface area contributed by atoms with E-state index in [1.54, 1.807) is 0 Å². The lowest BCUT2D eigenvalue weighted by Gasteiger charge is -2.33. The fraction of sp³-hybridized carbons (Fsp3) is 0.654. The summed E-state index contributed by atoms with van der Waals surface area (Å²) in [6.07, 6.45) is 5.55. The fourth-order valence-corrected chi connectivity index (χ4v) is 7.00. The van der Waals surface area contributed by atoms with Gasteiger partial charge in [0.05, 0.1) is 10.9 Å². The Kier molecular flexibility index (Phi) is 5.88. The molecule has 0 aliphatic carbocycles.